The van der Waals surface area contributed by atoms with E-state index in [1.165, 1.54) is 11.1 Å². The molecule has 2 N–H and O–H groups in total. The molecule has 3 nitrogen and oxygen atoms in total. The van der Waals surface area contributed by atoms with Crippen LogP contribution in [0.25, 0.3) is 0 Å². The summed E-state index contributed by atoms with van der Waals surface area (Å²) in [5.74, 6) is 0.612. The van der Waals surface area contributed by atoms with Gasteiger partial charge in [0.1, 0.15) is 0 Å². The smallest absolute Gasteiger partial charge is 0.0713 e. The van der Waals surface area contributed by atoms with E-state index in [9.17, 15) is 0 Å². The lowest BCUT2D eigenvalue weighted by atomic mass is 9.98. The molecule has 0 saturated heterocycles. The molecule has 0 amide bonds. The molecule has 0 aromatic heterocycles. The van der Waals surface area contributed by atoms with Crippen LogP contribution in [-0.4, -0.2) is 31.6 Å². The van der Waals surface area contributed by atoms with Crippen LogP contribution in [0, 0.1) is 5.92 Å². The van der Waals surface area contributed by atoms with Crippen molar-refractivity contribution in [2.24, 2.45) is 11.7 Å². The molecule has 0 spiro atoms. The van der Waals surface area contributed by atoms with E-state index in [1.54, 1.807) is 7.11 Å². The predicted octanol–water partition coefficient (Wildman–Crippen LogP) is 2.81. The van der Waals surface area contributed by atoms with Gasteiger partial charge >= 0.3 is 0 Å². The van der Waals surface area contributed by atoms with Gasteiger partial charge in [-0.15, -0.1) is 0 Å². The number of benzene rings is 1. The van der Waals surface area contributed by atoms with Crippen LogP contribution in [0.5, 0.6) is 0 Å². The summed E-state index contributed by atoms with van der Waals surface area (Å²) in [5.41, 5.74) is 8.46. The minimum absolute atomic E-state index is 0.259. The average Bonchev–Trinajstić information content (AvgIpc) is 2.39. The molecule has 108 valence electrons. The lowest BCUT2D eigenvalue weighted by molar-refractivity contribution is 0.151. The van der Waals surface area contributed by atoms with Gasteiger partial charge in [-0.2, -0.15) is 0 Å². The third-order valence-corrected chi connectivity index (χ3v) is 3.97. The molecule has 0 fully saturated rings. The summed E-state index contributed by atoms with van der Waals surface area (Å²) in [6.45, 7) is 8.02. The van der Waals surface area contributed by atoms with Crippen LogP contribution in [0.3, 0.4) is 0 Å². The predicted molar refractivity (Wildman–Crippen MR) is 81.0 cm³/mol. The third-order valence-electron chi connectivity index (χ3n) is 3.97. The quantitative estimate of drug-likeness (QED) is 0.823. The summed E-state index contributed by atoms with van der Waals surface area (Å²) in [7, 11) is 3.88. The maximum Gasteiger partial charge on any atom is 0.0713 e. The van der Waals surface area contributed by atoms with Gasteiger partial charge in [0.05, 0.1) is 6.61 Å². The van der Waals surface area contributed by atoms with E-state index in [2.05, 4.69) is 57.0 Å². The maximum atomic E-state index is 5.99. The largest absolute Gasteiger partial charge is 0.380 e. The van der Waals surface area contributed by atoms with Crippen LogP contribution in [-0.2, 0) is 11.3 Å². The molecule has 0 radical (unpaired) electrons. The first-order valence-electron chi connectivity index (χ1n) is 7.01. The molecule has 2 unspecified atom stereocenters. The van der Waals surface area contributed by atoms with Crippen molar-refractivity contribution >= 4 is 0 Å². The Morgan fingerprint density at radius 3 is 2.47 bits per heavy atom. The number of ether oxygens (including phenoxy) is 1. The molecule has 0 heterocycles. The Bertz CT molecular complexity index is 379. The van der Waals surface area contributed by atoms with E-state index >= 15 is 0 Å². The van der Waals surface area contributed by atoms with Gasteiger partial charge in [-0.1, -0.05) is 38.1 Å². The van der Waals surface area contributed by atoms with Crippen molar-refractivity contribution in [1.82, 2.24) is 4.90 Å². The SMILES string of the molecule is COCc1cccc(C(CN)N(C)C(C)C(C)C)c1. The van der Waals surface area contributed by atoms with Gasteiger partial charge in [0, 0.05) is 25.7 Å². The second-order valence-corrected chi connectivity index (χ2v) is 5.58. The van der Waals surface area contributed by atoms with Crippen LogP contribution in [0.15, 0.2) is 24.3 Å². The van der Waals surface area contributed by atoms with Crippen molar-refractivity contribution in [3.8, 4) is 0 Å². The number of rotatable bonds is 7. The summed E-state index contributed by atoms with van der Waals surface area (Å²) in [5, 5.41) is 0. The Morgan fingerprint density at radius 2 is 1.95 bits per heavy atom. The molecule has 0 bridgehead atoms. The van der Waals surface area contributed by atoms with E-state index < -0.39 is 0 Å². The molecule has 0 saturated carbocycles. The summed E-state index contributed by atoms with van der Waals surface area (Å²) in [6, 6.07) is 9.28. The zero-order valence-corrected chi connectivity index (χ0v) is 12.9. The van der Waals surface area contributed by atoms with Gasteiger partial charge in [-0.25, -0.2) is 0 Å². The summed E-state index contributed by atoms with van der Waals surface area (Å²) < 4.78 is 5.20. The van der Waals surface area contributed by atoms with Crippen molar-refractivity contribution in [3.63, 3.8) is 0 Å². The number of nitrogens with two attached hydrogens (primary N) is 1. The number of likely N-dealkylation sites (N-methyl/N-ethyl adjacent to an activating group) is 1. The third kappa shape index (κ3) is 4.30. The van der Waals surface area contributed by atoms with Crippen LogP contribution < -0.4 is 5.73 Å². The average molecular weight is 264 g/mol. The summed E-state index contributed by atoms with van der Waals surface area (Å²) in [6.07, 6.45) is 0. The van der Waals surface area contributed by atoms with Gasteiger partial charge < -0.3 is 10.5 Å². The number of hydrogen-bond donors (Lipinski definition) is 1. The highest BCUT2D eigenvalue weighted by molar-refractivity contribution is 5.26. The Hall–Kier alpha value is -0.900. The molecule has 3 heteroatoms. The van der Waals surface area contributed by atoms with Crippen molar-refractivity contribution < 1.29 is 4.74 Å². The fraction of sp³-hybridized carbons (Fsp3) is 0.625. The monoisotopic (exact) mass is 264 g/mol. The molecule has 0 aliphatic heterocycles. The maximum absolute atomic E-state index is 5.99. The van der Waals surface area contributed by atoms with Gasteiger partial charge in [0.2, 0.25) is 0 Å². The van der Waals surface area contributed by atoms with E-state index in [1.807, 2.05) is 0 Å². The standard InChI is InChI=1S/C16H28N2O/c1-12(2)13(3)18(4)16(10-17)15-8-6-7-14(9-15)11-19-5/h6-9,12-13,16H,10-11,17H2,1-5H3. The minimum Gasteiger partial charge on any atom is -0.380 e. The van der Waals surface area contributed by atoms with E-state index in [-0.39, 0.29) is 6.04 Å². The van der Waals surface area contributed by atoms with Gasteiger partial charge in [0.15, 0.2) is 0 Å². The van der Waals surface area contributed by atoms with E-state index in [4.69, 9.17) is 10.5 Å². The van der Waals surface area contributed by atoms with Crippen LogP contribution in [0.1, 0.15) is 37.9 Å². The van der Waals surface area contributed by atoms with Crippen LogP contribution in [0.4, 0.5) is 0 Å². The molecule has 1 aromatic carbocycles. The minimum atomic E-state index is 0.259. The van der Waals surface area contributed by atoms with Gasteiger partial charge in [-0.05, 0) is 31.0 Å². The van der Waals surface area contributed by atoms with Crippen molar-refractivity contribution in [2.45, 2.75) is 39.5 Å². The highest BCUT2D eigenvalue weighted by Crippen LogP contribution is 2.24. The van der Waals surface area contributed by atoms with E-state index in [0.717, 1.165) is 0 Å². The molecule has 0 aliphatic rings. The fourth-order valence-corrected chi connectivity index (χ4v) is 2.35. The molecule has 1 rings (SSSR count). The molecular formula is C16H28N2O. The Kier molecular flexibility index (Phi) is 6.49. The number of hydrogen-bond acceptors (Lipinski definition) is 3. The molecule has 1 aromatic rings. The lowest BCUT2D eigenvalue weighted by Crippen LogP contribution is -2.39. The Balaban J connectivity index is 2.92. The second kappa shape index (κ2) is 7.63. The van der Waals surface area contributed by atoms with Crippen LogP contribution >= 0.6 is 0 Å². The first-order chi connectivity index (χ1) is 9.01. The number of methoxy groups -OCH3 is 1. The lowest BCUT2D eigenvalue weighted by Gasteiger charge is -2.35. The number of nitrogens with zero attached hydrogens (tertiary/aromatic N) is 1. The second-order valence-electron chi connectivity index (χ2n) is 5.58. The van der Waals surface area contributed by atoms with Gasteiger partial charge in [-0.3, -0.25) is 4.90 Å². The zero-order valence-electron chi connectivity index (χ0n) is 12.9. The van der Waals surface area contributed by atoms with Crippen molar-refractivity contribution in [1.29, 1.82) is 0 Å². The highest BCUT2D eigenvalue weighted by atomic mass is 16.5. The highest BCUT2D eigenvalue weighted by Gasteiger charge is 2.22. The Labute approximate surface area is 117 Å². The normalized spacial score (nSPS) is 14.9. The summed E-state index contributed by atoms with van der Waals surface area (Å²) in [4.78, 5) is 2.37. The van der Waals surface area contributed by atoms with E-state index in [0.29, 0.717) is 25.1 Å². The molecule has 2 atom stereocenters. The fourth-order valence-electron chi connectivity index (χ4n) is 2.35. The van der Waals surface area contributed by atoms with Crippen molar-refractivity contribution in [2.75, 3.05) is 20.7 Å². The van der Waals surface area contributed by atoms with Crippen molar-refractivity contribution in [3.05, 3.63) is 35.4 Å². The Morgan fingerprint density at radius 1 is 1.26 bits per heavy atom. The summed E-state index contributed by atoms with van der Waals surface area (Å²) >= 11 is 0. The topological polar surface area (TPSA) is 38.5 Å². The molecule has 19 heavy (non-hydrogen) atoms. The first kappa shape index (κ1) is 16.2. The molecule has 0 aliphatic carbocycles. The zero-order chi connectivity index (χ0) is 14.4. The van der Waals surface area contributed by atoms with Gasteiger partial charge in [0.25, 0.3) is 0 Å². The van der Waals surface area contributed by atoms with Crippen LogP contribution in [0.2, 0.25) is 0 Å². The first-order valence-corrected chi connectivity index (χ1v) is 7.01. The molecular weight excluding hydrogens is 236 g/mol.